The molecule has 4 nitrogen and oxygen atoms in total. The number of pyridine rings is 1. The highest BCUT2D eigenvalue weighted by Gasteiger charge is 2.48. The largest absolute Gasteiger partial charge is 0.373 e. The van der Waals surface area contributed by atoms with Crippen molar-refractivity contribution in [2.24, 2.45) is 5.92 Å². The number of rotatable bonds is 5. The zero-order chi connectivity index (χ0) is 15.5. The zero-order valence-corrected chi connectivity index (χ0v) is 14.0. The number of hydrogen-bond acceptors (Lipinski definition) is 4. The van der Waals surface area contributed by atoms with Gasteiger partial charge >= 0.3 is 0 Å². The van der Waals surface area contributed by atoms with E-state index in [-0.39, 0.29) is 5.60 Å². The molecule has 0 bridgehead atoms. The summed E-state index contributed by atoms with van der Waals surface area (Å²) in [6, 6.07) is 4.06. The molecule has 0 N–H and O–H groups in total. The Bertz CT molecular complexity index is 495. The van der Waals surface area contributed by atoms with E-state index in [2.05, 4.69) is 9.88 Å². The van der Waals surface area contributed by atoms with E-state index in [1.165, 1.54) is 37.8 Å². The van der Waals surface area contributed by atoms with E-state index in [0.717, 1.165) is 38.5 Å². The van der Waals surface area contributed by atoms with Crippen molar-refractivity contribution in [3.63, 3.8) is 0 Å². The summed E-state index contributed by atoms with van der Waals surface area (Å²) in [5, 5.41) is 0. The van der Waals surface area contributed by atoms with Crippen molar-refractivity contribution < 1.29 is 9.47 Å². The standard InChI is InChI=1S/C19H28N2O2/c1-2-4-16(3-1)12-21-14-19(15-21)11-18(7-10-23-19)22-13-17-5-8-20-9-6-17/h5-6,8-9,16,18H,1-4,7,10-15H2. The summed E-state index contributed by atoms with van der Waals surface area (Å²) >= 11 is 0. The van der Waals surface area contributed by atoms with Gasteiger partial charge in [0.05, 0.1) is 18.3 Å². The van der Waals surface area contributed by atoms with Gasteiger partial charge in [-0.15, -0.1) is 0 Å². The molecule has 3 heterocycles. The molecule has 0 amide bonds. The summed E-state index contributed by atoms with van der Waals surface area (Å²) in [4.78, 5) is 6.65. The quantitative estimate of drug-likeness (QED) is 0.836. The highest BCUT2D eigenvalue weighted by Crippen LogP contribution is 2.37. The van der Waals surface area contributed by atoms with Gasteiger partial charge in [0, 0.05) is 45.1 Å². The average Bonchev–Trinajstić information content (AvgIpc) is 3.06. The van der Waals surface area contributed by atoms with Gasteiger partial charge in [0.15, 0.2) is 0 Å². The molecule has 1 atom stereocenters. The summed E-state index contributed by atoms with van der Waals surface area (Å²) in [6.45, 7) is 5.04. The molecule has 0 radical (unpaired) electrons. The summed E-state index contributed by atoms with van der Waals surface area (Å²) in [7, 11) is 0. The maximum Gasteiger partial charge on any atom is 0.0959 e. The molecule has 1 aromatic heterocycles. The van der Waals surface area contributed by atoms with Crippen LogP contribution in [0.25, 0.3) is 0 Å². The lowest BCUT2D eigenvalue weighted by Crippen LogP contribution is -2.66. The summed E-state index contributed by atoms with van der Waals surface area (Å²) in [5.41, 5.74) is 1.29. The Balaban J connectivity index is 1.23. The Morgan fingerprint density at radius 3 is 2.74 bits per heavy atom. The smallest absolute Gasteiger partial charge is 0.0959 e. The minimum absolute atomic E-state index is 0.0831. The number of hydrogen-bond donors (Lipinski definition) is 0. The Labute approximate surface area is 139 Å². The fourth-order valence-corrected chi connectivity index (χ4v) is 4.49. The van der Waals surface area contributed by atoms with Crippen LogP contribution in [0, 0.1) is 5.92 Å². The van der Waals surface area contributed by atoms with Gasteiger partial charge in [-0.05, 0) is 42.9 Å². The highest BCUT2D eigenvalue weighted by molar-refractivity contribution is 5.08. The molecule has 126 valence electrons. The van der Waals surface area contributed by atoms with E-state index in [0.29, 0.717) is 12.7 Å². The van der Waals surface area contributed by atoms with Crippen LogP contribution in [-0.2, 0) is 16.1 Å². The molecule has 23 heavy (non-hydrogen) atoms. The lowest BCUT2D eigenvalue weighted by atomic mass is 9.84. The van der Waals surface area contributed by atoms with Gasteiger partial charge in [-0.3, -0.25) is 9.88 Å². The van der Waals surface area contributed by atoms with Crippen LogP contribution >= 0.6 is 0 Å². The van der Waals surface area contributed by atoms with Crippen molar-refractivity contribution in [2.45, 2.75) is 56.8 Å². The van der Waals surface area contributed by atoms with E-state index in [1.807, 2.05) is 24.5 Å². The Hall–Kier alpha value is -0.970. The summed E-state index contributed by atoms with van der Waals surface area (Å²) in [5.74, 6) is 0.940. The van der Waals surface area contributed by atoms with E-state index < -0.39 is 0 Å². The van der Waals surface area contributed by atoms with Crippen molar-refractivity contribution in [3.05, 3.63) is 30.1 Å². The second-order valence-electron chi connectivity index (χ2n) is 7.63. The first-order valence-electron chi connectivity index (χ1n) is 9.18. The van der Waals surface area contributed by atoms with Crippen LogP contribution in [0.2, 0.25) is 0 Å². The lowest BCUT2D eigenvalue weighted by molar-refractivity contribution is -0.200. The SMILES string of the molecule is c1cc(COC2CCOC3(C2)CN(CC2CCCC2)C3)ccn1. The number of likely N-dealkylation sites (tertiary alicyclic amines) is 1. The first-order valence-corrected chi connectivity index (χ1v) is 9.18. The maximum atomic E-state index is 6.15. The molecule has 4 heteroatoms. The highest BCUT2D eigenvalue weighted by atomic mass is 16.5. The van der Waals surface area contributed by atoms with Gasteiger partial charge in [0.2, 0.25) is 0 Å². The van der Waals surface area contributed by atoms with E-state index in [9.17, 15) is 0 Å². The number of ether oxygens (including phenoxy) is 2. The van der Waals surface area contributed by atoms with Crippen LogP contribution in [0.1, 0.15) is 44.1 Å². The Morgan fingerprint density at radius 2 is 1.96 bits per heavy atom. The maximum absolute atomic E-state index is 6.15. The molecule has 1 spiro atoms. The van der Waals surface area contributed by atoms with E-state index >= 15 is 0 Å². The fourth-order valence-electron chi connectivity index (χ4n) is 4.49. The molecule has 3 fully saturated rings. The number of nitrogens with zero attached hydrogens (tertiary/aromatic N) is 2. The molecule has 1 saturated carbocycles. The van der Waals surface area contributed by atoms with E-state index in [4.69, 9.17) is 9.47 Å². The minimum atomic E-state index is 0.0831. The van der Waals surface area contributed by atoms with Crippen LogP contribution in [0.15, 0.2) is 24.5 Å². The van der Waals surface area contributed by atoms with Crippen molar-refractivity contribution >= 4 is 0 Å². The van der Waals surface area contributed by atoms with Gasteiger partial charge in [-0.25, -0.2) is 0 Å². The molecule has 2 aliphatic heterocycles. The molecule has 1 aliphatic carbocycles. The first kappa shape index (κ1) is 15.6. The Morgan fingerprint density at radius 1 is 1.17 bits per heavy atom. The van der Waals surface area contributed by atoms with Gasteiger partial charge in [0.25, 0.3) is 0 Å². The molecule has 1 aromatic rings. The molecular formula is C19H28N2O2. The minimum Gasteiger partial charge on any atom is -0.373 e. The fraction of sp³-hybridized carbons (Fsp3) is 0.737. The van der Waals surface area contributed by atoms with Crippen LogP contribution < -0.4 is 0 Å². The first-order chi connectivity index (χ1) is 11.3. The van der Waals surface area contributed by atoms with Gasteiger partial charge in [0.1, 0.15) is 0 Å². The zero-order valence-electron chi connectivity index (χ0n) is 14.0. The van der Waals surface area contributed by atoms with Crippen molar-refractivity contribution in [1.82, 2.24) is 9.88 Å². The molecule has 4 rings (SSSR count). The number of aromatic nitrogens is 1. The van der Waals surface area contributed by atoms with Crippen LogP contribution in [0.5, 0.6) is 0 Å². The van der Waals surface area contributed by atoms with Crippen LogP contribution in [0.4, 0.5) is 0 Å². The van der Waals surface area contributed by atoms with Crippen molar-refractivity contribution in [3.8, 4) is 0 Å². The van der Waals surface area contributed by atoms with Crippen LogP contribution in [-0.4, -0.2) is 47.8 Å². The molecule has 3 aliphatic rings. The normalized spacial score (nSPS) is 28.1. The molecular weight excluding hydrogens is 288 g/mol. The predicted octanol–water partition coefficient (Wildman–Crippen LogP) is 3.02. The van der Waals surface area contributed by atoms with Gasteiger partial charge < -0.3 is 9.47 Å². The Kier molecular flexibility index (Phi) is 4.65. The lowest BCUT2D eigenvalue weighted by Gasteiger charge is -2.53. The van der Waals surface area contributed by atoms with Gasteiger partial charge in [-0.1, -0.05) is 12.8 Å². The third-order valence-electron chi connectivity index (χ3n) is 5.70. The second kappa shape index (κ2) is 6.88. The third kappa shape index (κ3) is 3.76. The van der Waals surface area contributed by atoms with Crippen molar-refractivity contribution in [1.29, 1.82) is 0 Å². The summed E-state index contributed by atoms with van der Waals surface area (Å²) < 4.78 is 12.3. The predicted molar refractivity (Wildman–Crippen MR) is 89.1 cm³/mol. The molecule has 1 unspecified atom stereocenters. The monoisotopic (exact) mass is 316 g/mol. The second-order valence-corrected chi connectivity index (χ2v) is 7.63. The molecule has 0 aromatic carbocycles. The average molecular weight is 316 g/mol. The van der Waals surface area contributed by atoms with E-state index in [1.54, 1.807) is 0 Å². The molecule has 2 saturated heterocycles. The van der Waals surface area contributed by atoms with Gasteiger partial charge in [-0.2, -0.15) is 0 Å². The van der Waals surface area contributed by atoms with Crippen LogP contribution in [0.3, 0.4) is 0 Å². The van der Waals surface area contributed by atoms with Crippen molar-refractivity contribution in [2.75, 3.05) is 26.2 Å². The third-order valence-corrected chi connectivity index (χ3v) is 5.70. The summed E-state index contributed by atoms with van der Waals surface area (Å²) in [6.07, 6.45) is 11.8. The topological polar surface area (TPSA) is 34.6 Å².